The molecule has 2 heterocycles. The molecule has 0 amide bonds. The molecule has 166 valence electrons. The van der Waals surface area contributed by atoms with Gasteiger partial charge in [-0.2, -0.15) is 0 Å². The molecule has 4 rings (SSSR count). The number of benzene rings is 2. The van der Waals surface area contributed by atoms with Crippen LogP contribution in [0.5, 0.6) is 11.5 Å². The summed E-state index contributed by atoms with van der Waals surface area (Å²) in [6.45, 7) is 7.29. The van der Waals surface area contributed by atoms with Crippen LogP contribution in [0.15, 0.2) is 54.7 Å². The van der Waals surface area contributed by atoms with Crippen LogP contribution >= 0.6 is 0 Å². The molecule has 31 heavy (non-hydrogen) atoms. The molecular weight excluding hydrogens is 388 g/mol. The molecule has 1 aromatic heterocycles. The van der Waals surface area contributed by atoms with E-state index in [9.17, 15) is 10.2 Å². The molecule has 0 spiro atoms. The number of aliphatic hydroxyl groups excluding tert-OH is 1. The molecule has 3 aromatic rings. The fourth-order valence-corrected chi connectivity index (χ4v) is 5.35. The van der Waals surface area contributed by atoms with Gasteiger partial charge in [0.05, 0.1) is 0 Å². The van der Waals surface area contributed by atoms with Gasteiger partial charge in [0.25, 0.3) is 0 Å². The van der Waals surface area contributed by atoms with E-state index in [-0.39, 0.29) is 12.0 Å². The van der Waals surface area contributed by atoms with E-state index in [1.807, 2.05) is 42.6 Å². The molecule has 1 aliphatic rings. The minimum atomic E-state index is -0.541. The first-order valence-electron chi connectivity index (χ1n) is 11.4. The highest BCUT2D eigenvalue weighted by Gasteiger charge is 2.41. The van der Waals surface area contributed by atoms with Crippen molar-refractivity contribution in [3.63, 3.8) is 0 Å². The number of aromatic nitrogens is 1. The van der Waals surface area contributed by atoms with Gasteiger partial charge in [-0.3, -0.25) is 0 Å². The Morgan fingerprint density at radius 3 is 2.84 bits per heavy atom. The quantitative estimate of drug-likeness (QED) is 0.492. The number of aliphatic hydroxyl groups is 1. The smallest absolute Gasteiger partial charge is 0.128 e. The van der Waals surface area contributed by atoms with Crippen LogP contribution in [0.4, 0.5) is 0 Å². The lowest BCUT2D eigenvalue weighted by molar-refractivity contribution is 0.0302. The van der Waals surface area contributed by atoms with Crippen LogP contribution in [0.3, 0.4) is 0 Å². The number of ether oxygens (including phenoxy) is 1. The number of rotatable bonds is 8. The van der Waals surface area contributed by atoms with Gasteiger partial charge < -0.3 is 24.8 Å². The number of phenols is 1. The third kappa shape index (κ3) is 4.58. The molecular formula is C26H34N2O3. The van der Waals surface area contributed by atoms with E-state index in [2.05, 4.69) is 29.8 Å². The van der Waals surface area contributed by atoms with E-state index in [0.29, 0.717) is 18.2 Å². The molecule has 1 saturated heterocycles. The van der Waals surface area contributed by atoms with Crippen molar-refractivity contribution >= 4 is 10.9 Å². The highest BCUT2D eigenvalue weighted by Crippen LogP contribution is 2.44. The Bertz CT molecular complexity index is 1000. The Hall–Kier alpha value is -2.50. The molecule has 1 aliphatic heterocycles. The van der Waals surface area contributed by atoms with Crippen LogP contribution in [-0.2, 0) is 5.41 Å². The zero-order valence-corrected chi connectivity index (χ0v) is 18.6. The van der Waals surface area contributed by atoms with Crippen LogP contribution in [0, 0.1) is 5.92 Å². The van der Waals surface area contributed by atoms with Crippen molar-refractivity contribution in [3.8, 4) is 11.5 Å². The predicted octanol–water partition coefficient (Wildman–Crippen LogP) is 4.69. The standard InChI is InChI=1S/C26H34N2O3/c1-3-11-26(20-6-4-7-21(29)15-20)12-14-28(16-19(26)2)17-22(30)18-31-25-9-5-8-24-23(25)10-13-27-24/h4-10,13,15,19,22,27,29-30H,3,11-12,14,16-18H2,1-2H3/t19?,22-,26?/m0/s1. The van der Waals surface area contributed by atoms with E-state index in [0.717, 1.165) is 49.0 Å². The molecule has 3 atom stereocenters. The first-order valence-corrected chi connectivity index (χ1v) is 11.4. The highest BCUT2D eigenvalue weighted by molar-refractivity contribution is 5.85. The van der Waals surface area contributed by atoms with E-state index in [1.54, 1.807) is 6.07 Å². The second-order valence-electron chi connectivity index (χ2n) is 9.03. The number of piperidine rings is 1. The summed E-state index contributed by atoms with van der Waals surface area (Å²) in [4.78, 5) is 5.54. The van der Waals surface area contributed by atoms with Gasteiger partial charge in [-0.25, -0.2) is 0 Å². The molecule has 0 radical (unpaired) electrons. The number of phenolic OH excluding ortho intramolecular Hbond substituents is 1. The van der Waals surface area contributed by atoms with Gasteiger partial charge in [0.2, 0.25) is 0 Å². The number of nitrogens with one attached hydrogen (secondary N) is 1. The summed E-state index contributed by atoms with van der Waals surface area (Å²) < 4.78 is 5.95. The van der Waals surface area contributed by atoms with Gasteiger partial charge in [0.1, 0.15) is 24.2 Å². The number of aromatic hydroxyl groups is 1. The Balaban J connectivity index is 1.37. The maximum absolute atomic E-state index is 10.7. The lowest BCUT2D eigenvalue weighted by Crippen LogP contribution is -2.51. The fraction of sp³-hybridized carbons (Fsp3) is 0.462. The molecule has 0 bridgehead atoms. The van der Waals surface area contributed by atoms with Gasteiger partial charge in [0, 0.05) is 35.6 Å². The van der Waals surface area contributed by atoms with E-state index in [1.165, 1.54) is 5.56 Å². The molecule has 2 aromatic carbocycles. The van der Waals surface area contributed by atoms with Gasteiger partial charge in [0.15, 0.2) is 0 Å². The van der Waals surface area contributed by atoms with Crippen LogP contribution < -0.4 is 4.74 Å². The minimum absolute atomic E-state index is 0.0787. The summed E-state index contributed by atoms with van der Waals surface area (Å²) in [7, 11) is 0. The maximum Gasteiger partial charge on any atom is 0.128 e. The third-order valence-electron chi connectivity index (χ3n) is 6.92. The maximum atomic E-state index is 10.7. The topological polar surface area (TPSA) is 68.7 Å². The zero-order valence-electron chi connectivity index (χ0n) is 18.6. The van der Waals surface area contributed by atoms with Gasteiger partial charge in [-0.1, -0.05) is 38.5 Å². The largest absolute Gasteiger partial charge is 0.508 e. The molecule has 0 aliphatic carbocycles. The number of fused-ring (bicyclic) bond motifs is 1. The number of likely N-dealkylation sites (tertiary alicyclic amines) is 1. The summed E-state index contributed by atoms with van der Waals surface area (Å²) in [5.41, 5.74) is 2.36. The third-order valence-corrected chi connectivity index (χ3v) is 6.92. The van der Waals surface area contributed by atoms with Crippen molar-refractivity contribution in [2.75, 3.05) is 26.2 Å². The number of hydrogen-bond donors (Lipinski definition) is 3. The average molecular weight is 423 g/mol. The van der Waals surface area contributed by atoms with Crippen LogP contribution in [0.2, 0.25) is 0 Å². The average Bonchev–Trinajstić information content (AvgIpc) is 3.24. The molecule has 2 unspecified atom stereocenters. The Morgan fingerprint density at radius 1 is 1.23 bits per heavy atom. The molecule has 5 heteroatoms. The zero-order chi connectivity index (χ0) is 21.8. The first kappa shape index (κ1) is 21.7. The normalized spacial score (nSPS) is 23.1. The Labute approximate surface area is 184 Å². The number of aromatic amines is 1. The van der Waals surface area contributed by atoms with Crippen molar-refractivity contribution in [2.24, 2.45) is 5.92 Å². The lowest BCUT2D eigenvalue weighted by Gasteiger charge is -2.48. The molecule has 0 saturated carbocycles. The van der Waals surface area contributed by atoms with Gasteiger partial charge in [-0.05, 0) is 61.2 Å². The summed E-state index contributed by atoms with van der Waals surface area (Å²) >= 11 is 0. The van der Waals surface area contributed by atoms with Crippen molar-refractivity contribution in [2.45, 2.75) is 44.6 Å². The minimum Gasteiger partial charge on any atom is -0.508 e. The van der Waals surface area contributed by atoms with Gasteiger partial charge >= 0.3 is 0 Å². The van der Waals surface area contributed by atoms with Crippen molar-refractivity contribution in [3.05, 3.63) is 60.3 Å². The van der Waals surface area contributed by atoms with Crippen LogP contribution in [0.1, 0.15) is 38.7 Å². The summed E-state index contributed by atoms with van der Waals surface area (Å²) in [5.74, 6) is 1.58. The number of nitrogens with zero attached hydrogens (tertiary/aromatic N) is 1. The number of H-pyrrole nitrogens is 1. The first-order chi connectivity index (χ1) is 15.0. The van der Waals surface area contributed by atoms with Crippen molar-refractivity contribution in [1.82, 2.24) is 9.88 Å². The number of hydrogen-bond acceptors (Lipinski definition) is 4. The van der Waals surface area contributed by atoms with E-state index < -0.39 is 6.10 Å². The second kappa shape index (κ2) is 9.33. The highest BCUT2D eigenvalue weighted by atomic mass is 16.5. The van der Waals surface area contributed by atoms with Gasteiger partial charge in [-0.15, -0.1) is 0 Å². The molecule has 1 fully saturated rings. The van der Waals surface area contributed by atoms with E-state index in [4.69, 9.17) is 4.74 Å². The van der Waals surface area contributed by atoms with E-state index >= 15 is 0 Å². The van der Waals surface area contributed by atoms with Crippen molar-refractivity contribution < 1.29 is 14.9 Å². The summed E-state index contributed by atoms with van der Waals surface area (Å²) in [6, 6.07) is 15.7. The monoisotopic (exact) mass is 422 g/mol. The molecule has 5 nitrogen and oxygen atoms in total. The van der Waals surface area contributed by atoms with Crippen molar-refractivity contribution in [1.29, 1.82) is 0 Å². The molecule has 3 N–H and O–H groups in total. The number of β-amino-alcohol motifs (C(OH)–C–C–N with tert-alkyl or cyclic N) is 1. The Kier molecular flexibility index (Phi) is 6.54. The lowest BCUT2D eigenvalue weighted by atomic mass is 9.64. The fourth-order valence-electron chi connectivity index (χ4n) is 5.35. The van der Waals surface area contributed by atoms with Crippen LogP contribution in [-0.4, -0.2) is 52.4 Å². The summed E-state index contributed by atoms with van der Waals surface area (Å²) in [5, 5.41) is 21.7. The SMILES string of the molecule is CCCC1(c2cccc(O)c2)CCN(C[C@H](O)COc2cccc3[nH]ccc23)CC1C. The Morgan fingerprint density at radius 2 is 2.06 bits per heavy atom. The second-order valence-corrected chi connectivity index (χ2v) is 9.03. The summed E-state index contributed by atoms with van der Waals surface area (Å²) in [6.07, 6.45) is 4.61. The van der Waals surface area contributed by atoms with Crippen LogP contribution in [0.25, 0.3) is 10.9 Å². The predicted molar refractivity (Wildman–Crippen MR) is 125 cm³/mol.